The second kappa shape index (κ2) is 9.73. The number of hydrogen-bond donors (Lipinski definition) is 3. The Balaban J connectivity index is 1.09. The molecule has 0 spiro atoms. The van der Waals surface area contributed by atoms with Crippen LogP contribution in [0.5, 0.6) is 0 Å². The maximum absolute atomic E-state index is 12.7. The summed E-state index contributed by atoms with van der Waals surface area (Å²) in [6.45, 7) is 3.00. The molecule has 7 nitrogen and oxygen atoms in total. The Morgan fingerprint density at radius 3 is 2.65 bits per heavy atom. The summed E-state index contributed by atoms with van der Waals surface area (Å²) >= 11 is 0. The highest BCUT2D eigenvalue weighted by Crippen LogP contribution is 2.22. The second-order valence-electron chi connectivity index (χ2n) is 9.04. The molecule has 176 valence electrons. The molecular weight excluding hydrogens is 428 g/mol. The summed E-state index contributed by atoms with van der Waals surface area (Å²) in [6.07, 6.45) is 7.85. The van der Waals surface area contributed by atoms with Crippen LogP contribution < -0.4 is 5.32 Å². The van der Waals surface area contributed by atoms with Crippen molar-refractivity contribution in [1.29, 1.82) is 0 Å². The molecule has 4 aromatic rings. The summed E-state index contributed by atoms with van der Waals surface area (Å²) in [6, 6.07) is 13.6. The van der Waals surface area contributed by atoms with Crippen LogP contribution in [0, 0.1) is 0 Å². The number of aromatic amines is 2. The van der Waals surface area contributed by atoms with E-state index in [0.717, 1.165) is 67.1 Å². The summed E-state index contributed by atoms with van der Waals surface area (Å²) in [5.74, 6) is -0.304. The van der Waals surface area contributed by atoms with Crippen molar-refractivity contribution in [3.05, 3.63) is 71.5 Å². The zero-order chi connectivity index (χ0) is 23.5. The Hall–Kier alpha value is -3.58. The number of benzene rings is 2. The van der Waals surface area contributed by atoms with Crippen LogP contribution in [0.25, 0.3) is 21.8 Å². The number of nitrogens with one attached hydrogen (secondary N) is 3. The van der Waals surface area contributed by atoms with Crippen molar-refractivity contribution in [2.75, 3.05) is 26.7 Å². The molecule has 3 heterocycles. The van der Waals surface area contributed by atoms with Gasteiger partial charge in [0.15, 0.2) is 0 Å². The molecule has 1 aliphatic heterocycles. The SMILES string of the molecule is COC(=O)c1ccc2[nH]cc(CCCN3CCC(NC(=O)c4ccc5[nH]ccc5c4)CC3)c2c1. The van der Waals surface area contributed by atoms with Crippen molar-refractivity contribution in [3.8, 4) is 0 Å². The van der Waals surface area contributed by atoms with Crippen LogP contribution in [0.4, 0.5) is 0 Å². The van der Waals surface area contributed by atoms with E-state index in [4.69, 9.17) is 4.74 Å². The summed E-state index contributed by atoms with van der Waals surface area (Å²) < 4.78 is 4.85. The number of fused-ring (bicyclic) bond motifs is 2. The van der Waals surface area contributed by atoms with Gasteiger partial charge in [-0.3, -0.25) is 4.79 Å². The molecule has 0 aliphatic carbocycles. The van der Waals surface area contributed by atoms with E-state index in [0.29, 0.717) is 11.1 Å². The van der Waals surface area contributed by atoms with Crippen LogP contribution in [0.3, 0.4) is 0 Å². The van der Waals surface area contributed by atoms with Crippen LogP contribution in [0.2, 0.25) is 0 Å². The highest BCUT2D eigenvalue weighted by atomic mass is 16.5. The number of esters is 1. The smallest absolute Gasteiger partial charge is 0.337 e. The van der Waals surface area contributed by atoms with Gasteiger partial charge < -0.3 is 24.9 Å². The summed E-state index contributed by atoms with van der Waals surface area (Å²) in [4.78, 5) is 33.5. The first-order valence-electron chi connectivity index (χ1n) is 11.9. The van der Waals surface area contributed by atoms with E-state index < -0.39 is 0 Å². The van der Waals surface area contributed by atoms with Crippen LogP contribution in [0.15, 0.2) is 54.9 Å². The number of carbonyl (C=O) groups is 2. The van der Waals surface area contributed by atoms with Gasteiger partial charge in [-0.25, -0.2) is 4.79 Å². The molecular formula is C27H30N4O3. The normalized spacial score (nSPS) is 15.1. The molecule has 0 radical (unpaired) electrons. The van der Waals surface area contributed by atoms with E-state index in [2.05, 4.69) is 20.2 Å². The Kier molecular flexibility index (Phi) is 6.36. The number of H-pyrrole nitrogens is 2. The monoisotopic (exact) mass is 458 g/mol. The van der Waals surface area contributed by atoms with Gasteiger partial charge in [0.25, 0.3) is 5.91 Å². The largest absolute Gasteiger partial charge is 0.465 e. The molecule has 1 amide bonds. The van der Waals surface area contributed by atoms with Crippen LogP contribution in [-0.4, -0.2) is 59.5 Å². The lowest BCUT2D eigenvalue weighted by Gasteiger charge is -2.32. The number of carbonyl (C=O) groups excluding carboxylic acids is 2. The molecule has 2 aromatic heterocycles. The lowest BCUT2D eigenvalue weighted by molar-refractivity contribution is 0.0600. The minimum atomic E-state index is -0.311. The summed E-state index contributed by atoms with van der Waals surface area (Å²) in [5, 5.41) is 5.35. The molecule has 1 saturated heterocycles. The van der Waals surface area contributed by atoms with Crippen molar-refractivity contribution in [3.63, 3.8) is 0 Å². The Labute approximate surface area is 198 Å². The van der Waals surface area contributed by atoms with Gasteiger partial charge >= 0.3 is 5.97 Å². The summed E-state index contributed by atoms with van der Waals surface area (Å²) in [7, 11) is 1.40. The molecule has 3 N–H and O–H groups in total. The van der Waals surface area contributed by atoms with Crippen molar-refractivity contribution >= 4 is 33.7 Å². The fourth-order valence-corrected chi connectivity index (χ4v) is 4.89. The van der Waals surface area contributed by atoms with E-state index in [1.807, 2.05) is 48.8 Å². The highest BCUT2D eigenvalue weighted by molar-refractivity contribution is 5.98. The number of nitrogens with zero attached hydrogens (tertiary/aromatic N) is 1. The average molecular weight is 459 g/mol. The fourth-order valence-electron chi connectivity index (χ4n) is 4.89. The molecule has 2 aromatic carbocycles. The average Bonchev–Trinajstić information content (AvgIpc) is 3.50. The number of methoxy groups -OCH3 is 1. The van der Waals surface area contributed by atoms with E-state index >= 15 is 0 Å². The number of piperidine rings is 1. The lowest BCUT2D eigenvalue weighted by Crippen LogP contribution is -2.44. The number of amides is 1. The van der Waals surface area contributed by atoms with Crippen molar-refractivity contribution in [2.24, 2.45) is 0 Å². The van der Waals surface area contributed by atoms with Crippen LogP contribution in [-0.2, 0) is 11.2 Å². The predicted molar refractivity (Wildman–Crippen MR) is 133 cm³/mol. The molecule has 1 fully saturated rings. The topological polar surface area (TPSA) is 90.2 Å². The van der Waals surface area contributed by atoms with E-state index in [9.17, 15) is 9.59 Å². The molecule has 0 saturated carbocycles. The van der Waals surface area contributed by atoms with Gasteiger partial charge in [0.05, 0.1) is 12.7 Å². The molecule has 1 aliphatic rings. The van der Waals surface area contributed by atoms with Crippen LogP contribution >= 0.6 is 0 Å². The second-order valence-corrected chi connectivity index (χ2v) is 9.04. The maximum Gasteiger partial charge on any atom is 0.337 e. The van der Waals surface area contributed by atoms with Gasteiger partial charge in [0.2, 0.25) is 0 Å². The van der Waals surface area contributed by atoms with E-state index in [1.54, 1.807) is 6.07 Å². The predicted octanol–water partition coefficient (Wildman–Crippen LogP) is 4.26. The number of aromatic nitrogens is 2. The first kappa shape index (κ1) is 22.2. The third-order valence-electron chi connectivity index (χ3n) is 6.85. The number of ether oxygens (including phenoxy) is 1. The van der Waals surface area contributed by atoms with E-state index in [-0.39, 0.29) is 17.9 Å². The zero-order valence-corrected chi connectivity index (χ0v) is 19.4. The molecule has 0 bridgehead atoms. The molecule has 0 atom stereocenters. The van der Waals surface area contributed by atoms with Crippen molar-refractivity contribution in [2.45, 2.75) is 31.7 Å². The maximum atomic E-state index is 12.7. The third kappa shape index (κ3) is 4.70. The van der Waals surface area contributed by atoms with Crippen LogP contribution in [0.1, 0.15) is 45.5 Å². The number of likely N-dealkylation sites (tertiary alicyclic amines) is 1. The molecule has 5 rings (SSSR count). The minimum Gasteiger partial charge on any atom is -0.465 e. The summed E-state index contributed by atoms with van der Waals surface area (Å²) in [5.41, 5.74) is 4.59. The van der Waals surface area contributed by atoms with Gasteiger partial charge in [0, 0.05) is 58.9 Å². The van der Waals surface area contributed by atoms with Crippen molar-refractivity contribution < 1.29 is 14.3 Å². The third-order valence-corrected chi connectivity index (χ3v) is 6.85. The zero-order valence-electron chi connectivity index (χ0n) is 19.4. The Morgan fingerprint density at radius 2 is 1.82 bits per heavy atom. The lowest BCUT2D eigenvalue weighted by atomic mass is 10.0. The number of aryl methyl sites for hydroxylation is 1. The van der Waals surface area contributed by atoms with Gasteiger partial charge in [-0.1, -0.05) is 0 Å². The van der Waals surface area contributed by atoms with Crippen molar-refractivity contribution in [1.82, 2.24) is 20.2 Å². The minimum absolute atomic E-state index is 0.00668. The van der Waals surface area contributed by atoms with Gasteiger partial charge in [-0.2, -0.15) is 0 Å². The molecule has 0 unspecified atom stereocenters. The van der Waals surface area contributed by atoms with Gasteiger partial charge in [0.1, 0.15) is 0 Å². The first-order chi connectivity index (χ1) is 16.6. The standard InChI is InChI=1S/C27H30N4O3/c1-34-27(33)20-5-7-25-23(16-20)21(17-29-25)3-2-12-31-13-9-22(10-14-31)30-26(32)19-4-6-24-18(15-19)8-11-28-24/h4-8,11,15-17,22,28-29H,2-3,9-10,12-14H2,1H3,(H,30,32). The first-order valence-corrected chi connectivity index (χ1v) is 11.9. The molecule has 34 heavy (non-hydrogen) atoms. The molecule has 7 heteroatoms. The Bertz CT molecular complexity index is 1310. The Morgan fingerprint density at radius 1 is 1.03 bits per heavy atom. The number of rotatable bonds is 7. The highest BCUT2D eigenvalue weighted by Gasteiger charge is 2.21. The quantitative estimate of drug-likeness (QED) is 0.361. The van der Waals surface area contributed by atoms with E-state index in [1.165, 1.54) is 12.7 Å². The van der Waals surface area contributed by atoms with Gasteiger partial charge in [-0.15, -0.1) is 0 Å². The van der Waals surface area contributed by atoms with Gasteiger partial charge in [-0.05, 0) is 80.3 Å². The number of hydrogen-bond acceptors (Lipinski definition) is 4. The fraction of sp³-hybridized carbons (Fsp3) is 0.333.